The van der Waals surface area contributed by atoms with Gasteiger partial charge in [-0.05, 0) is 67.4 Å². The van der Waals surface area contributed by atoms with Crippen molar-refractivity contribution in [2.45, 2.75) is 32.8 Å². The first kappa shape index (κ1) is 25.8. The molecule has 0 aliphatic carbocycles. The van der Waals surface area contributed by atoms with Crippen molar-refractivity contribution in [1.29, 1.82) is 0 Å². The molecule has 3 rings (SSSR count). The number of carboxylic acid groups (broad SMARTS) is 1. The summed E-state index contributed by atoms with van der Waals surface area (Å²) in [4.78, 5) is 16.8. The first-order chi connectivity index (χ1) is 17.1. The van der Waals surface area contributed by atoms with Crippen LogP contribution in [0.25, 0.3) is 5.70 Å². The fraction of sp³-hybridized carbons (Fsp3) is 0.250. The van der Waals surface area contributed by atoms with Crippen LogP contribution in [0.3, 0.4) is 0 Å². The lowest BCUT2D eigenvalue weighted by atomic mass is 10.1. The van der Waals surface area contributed by atoms with Crippen LogP contribution >= 0.6 is 0 Å². The summed E-state index contributed by atoms with van der Waals surface area (Å²) in [6, 6.07) is 24.4. The maximum absolute atomic E-state index is 11.3. The van der Waals surface area contributed by atoms with Gasteiger partial charge in [0.25, 0.3) is 0 Å². The molecule has 0 aliphatic heterocycles. The van der Waals surface area contributed by atoms with Crippen molar-refractivity contribution in [3.63, 3.8) is 0 Å². The Morgan fingerprint density at radius 2 is 1.57 bits per heavy atom. The Bertz CT molecular complexity index is 1060. The predicted octanol–water partition coefficient (Wildman–Crippen LogP) is 5.82. The van der Waals surface area contributed by atoms with Gasteiger partial charge in [-0.3, -0.25) is 10.3 Å². The standard InChI is InChI=1S/C28H31NO6/c1-3-18-34-29-26(22-12-16-25(17-13-22)35-24-8-6-5-7-9-24)20-33-23-14-10-21(11-15-23)19-27(28(30)31)32-4-2/h5-17,20,27,29H,3-4,18-19H2,1-2H3,(H,30,31). The maximum Gasteiger partial charge on any atom is 0.333 e. The number of benzene rings is 3. The Balaban J connectivity index is 1.68. The normalized spacial score (nSPS) is 12.1. The van der Waals surface area contributed by atoms with E-state index in [1.54, 1.807) is 25.3 Å². The fourth-order valence-electron chi connectivity index (χ4n) is 3.17. The van der Waals surface area contributed by atoms with E-state index in [9.17, 15) is 9.90 Å². The molecule has 0 aliphatic rings. The lowest BCUT2D eigenvalue weighted by Crippen LogP contribution is -2.26. The monoisotopic (exact) mass is 477 g/mol. The molecule has 184 valence electrons. The number of hydrogen-bond acceptors (Lipinski definition) is 6. The van der Waals surface area contributed by atoms with Crippen LogP contribution in [0.1, 0.15) is 31.4 Å². The Kier molecular flexibility index (Phi) is 10.2. The molecule has 0 fully saturated rings. The summed E-state index contributed by atoms with van der Waals surface area (Å²) in [6.07, 6.45) is 1.87. The second-order valence-electron chi connectivity index (χ2n) is 7.67. The topological polar surface area (TPSA) is 86.2 Å². The van der Waals surface area contributed by atoms with Crippen molar-refractivity contribution in [3.05, 3.63) is 96.3 Å². The molecule has 7 heteroatoms. The molecule has 0 spiro atoms. The van der Waals surface area contributed by atoms with Crippen molar-refractivity contribution in [3.8, 4) is 17.2 Å². The SMILES string of the molecule is CCCONC(=COc1ccc(CC(OCC)C(=O)O)cc1)c1ccc(Oc2ccccc2)cc1. The number of rotatable bonds is 14. The Morgan fingerprint density at radius 1 is 0.914 bits per heavy atom. The van der Waals surface area contributed by atoms with Crippen molar-refractivity contribution < 1.29 is 28.9 Å². The van der Waals surface area contributed by atoms with Gasteiger partial charge in [0.05, 0.1) is 6.61 Å². The number of carbonyl (C=O) groups is 1. The molecule has 2 N–H and O–H groups in total. The summed E-state index contributed by atoms with van der Waals surface area (Å²) in [7, 11) is 0. The molecular weight excluding hydrogens is 446 g/mol. The van der Waals surface area contributed by atoms with Gasteiger partial charge in [0.2, 0.25) is 0 Å². The predicted molar refractivity (Wildman–Crippen MR) is 134 cm³/mol. The molecule has 7 nitrogen and oxygen atoms in total. The molecule has 1 atom stereocenters. The zero-order valence-electron chi connectivity index (χ0n) is 20.0. The van der Waals surface area contributed by atoms with Crippen LogP contribution in [0.5, 0.6) is 17.2 Å². The van der Waals surface area contributed by atoms with Gasteiger partial charge < -0.3 is 19.3 Å². The highest BCUT2D eigenvalue weighted by Gasteiger charge is 2.17. The quantitative estimate of drug-likeness (QED) is 0.172. The van der Waals surface area contributed by atoms with Crippen LogP contribution in [-0.2, 0) is 20.8 Å². The van der Waals surface area contributed by atoms with Crippen molar-refractivity contribution in [2.24, 2.45) is 0 Å². The number of aliphatic carboxylic acids is 1. The van der Waals surface area contributed by atoms with E-state index in [-0.39, 0.29) is 6.42 Å². The van der Waals surface area contributed by atoms with E-state index in [2.05, 4.69) is 5.48 Å². The smallest absolute Gasteiger partial charge is 0.333 e. The lowest BCUT2D eigenvalue weighted by molar-refractivity contribution is -0.149. The first-order valence-corrected chi connectivity index (χ1v) is 11.6. The van der Waals surface area contributed by atoms with Crippen molar-refractivity contribution in [1.82, 2.24) is 5.48 Å². The average molecular weight is 478 g/mol. The van der Waals surface area contributed by atoms with Gasteiger partial charge in [-0.1, -0.05) is 37.3 Å². The zero-order chi connectivity index (χ0) is 24.9. The molecule has 0 amide bonds. The molecule has 0 saturated carbocycles. The van der Waals surface area contributed by atoms with Gasteiger partial charge in [-0.25, -0.2) is 4.79 Å². The van der Waals surface area contributed by atoms with Crippen LogP contribution in [0.15, 0.2) is 85.1 Å². The number of nitrogens with one attached hydrogen (secondary N) is 1. The minimum absolute atomic E-state index is 0.286. The van der Waals surface area contributed by atoms with Crippen molar-refractivity contribution in [2.75, 3.05) is 13.2 Å². The minimum atomic E-state index is -0.974. The number of para-hydroxylation sites is 1. The van der Waals surface area contributed by atoms with Crippen molar-refractivity contribution >= 4 is 11.7 Å². The molecular formula is C28H31NO6. The summed E-state index contributed by atoms with van der Waals surface area (Å²) in [5.74, 6) is 1.12. The highest BCUT2D eigenvalue weighted by Crippen LogP contribution is 2.24. The molecule has 0 saturated heterocycles. The molecule has 3 aromatic carbocycles. The number of hydrogen-bond donors (Lipinski definition) is 2. The van der Waals surface area contributed by atoms with E-state index >= 15 is 0 Å². The highest BCUT2D eigenvalue weighted by atomic mass is 16.6. The van der Waals surface area contributed by atoms with E-state index in [4.69, 9.17) is 19.0 Å². The van der Waals surface area contributed by atoms with Crippen LogP contribution in [0.2, 0.25) is 0 Å². The second-order valence-corrected chi connectivity index (χ2v) is 7.67. The molecule has 1 unspecified atom stereocenters. The second kappa shape index (κ2) is 13.8. The Morgan fingerprint density at radius 3 is 2.20 bits per heavy atom. The third-order valence-electron chi connectivity index (χ3n) is 4.93. The number of ether oxygens (including phenoxy) is 3. The highest BCUT2D eigenvalue weighted by molar-refractivity contribution is 5.72. The minimum Gasteiger partial charge on any atom is -0.479 e. The van der Waals surface area contributed by atoms with E-state index < -0.39 is 12.1 Å². The summed E-state index contributed by atoms with van der Waals surface area (Å²) >= 11 is 0. The summed E-state index contributed by atoms with van der Waals surface area (Å²) in [5, 5.41) is 9.27. The summed E-state index contributed by atoms with van der Waals surface area (Å²) in [5.41, 5.74) is 5.31. The van der Waals surface area contributed by atoms with E-state index in [0.29, 0.717) is 24.7 Å². The van der Waals surface area contributed by atoms with Crippen LogP contribution in [0.4, 0.5) is 0 Å². The van der Waals surface area contributed by atoms with Gasteiger partial charge in [0.1, 0.15) is 29.2 Å². The third kappa shape index (κ3) is 8.48. The van der Waals surface area contributed by atoms with Crippen LogP contribution in [-0.4, -0.2) is 30.4 Å². The molecule has 0 bridgehead atoms. The molecule has 0 radical (unpaired) electrons. The Labute approximate surface area is 205 Å². The van der Waals surface area contributed by atoms with Gasteiger partial charge in [0, 0.05) is 18.6 Å². The fourth-order valence-corrected chi connectivity index (χ4v) is 3.17. The largest absolute Gasteiger partial charge is 0.479 e. The molecule has 0 heterocycles. The third-order valence-corrected chi connectivity index (χ3v) is 4.93. The first-order valence-electron chi connectivity index (χ1n) is 11.6. The van der Waals surface area contributed by atoms with Gasteiger partial charge in [-0.15, -0.1) is 0 Å². The lowest BCUT2D eigenvalue weighted by Gasteiger charge is -2.13. The molecule has 3 aromatic rings. The molecule has 0 aromatic heterocycles. The average Bonchev–Trinajstić information content (AvgIpc) is 2.88. The van der Waals surface area contributed by atoms with Gasteiger partial charge in [-0.2, -0.15) is 0 Å². The van der Waals surface area contributed by atoms with E-state index in [1.807, 2.05) is 73.7 Å². The number of carboxylic acids is 1. The van der Waals surface area contributed by atoms with Crippen LogP contribution in [0, 0.1) is 0 Å². The van der Waals surface area contributed by atoms with E-state index in [1.165, 1.54) is 0 Å². The zero-order valence-corrected chi connectivity index (χ0v) is 20.0. The van der Waals surface area contributed by atoms with E-state index in [0.717, 1.165) is 29.0 Å². The molecule has 35 heavy (non-hydrogen) atoms. The number of hydroxylamine groups is 1. The van der Waals surface area contributed by atoms with Gasteiger partial charge in [0.15, 0.2) is 6.10 Å². The van der Waals surface area contributed by atoms with Gasteiger partial charge >= 0.3 is 5.97 Å². The summed E-state index contributed by atoms with van der Waals surface area (Å²) in [6.45, 7) is 4.70. The maximum atomic E-state index is 11.3. The van der Waals surface area contributed by atoms with Crippen LogP contribution < -0.4 is 15.0 Å². The summed E-state index contributed by atoms with van der Waals surface area (Å²) < 4.78 is 17.0. The Hall–Kier alpha value is -3.81.